The fourth-order valence-corrected chi connectivity index (χ4v) is 12.9. The number of ether oxygens (including phenoxy) is 10. The molecule has 4 spiro atoms. The quantitative estimate of drug-likeness (QED) is 0.233. The van der Waals surface area contributed by atoms with Gasteiger partial charge in [-0.05, 0) is 71.0 Å². The van der Waals surface area contributed by atoms with Crippen LogP contribution in [0.3, 0.4) is 0 Å². The summed E-state index contributed by atoms with van der Waals surface area (Å²) in [5.74, 6) is -5.36. The van der Waals surface area contributed by atoms with Gasteiger partial charge in [0.05, 0.1) is 13.2 Å². The van der Waals surface area contributed by atoms with Gasteiger partial charge < -0.3 is 51.8 Å². The second kappa shape index (κ2) is 12.6. The maximum Gasteiger partial charge on any atom is 0.347 e. The van der Waals surface area contributed by atoms with Crippen LogP contribution in [-0.4, -0.2) is 105 Å². The molecule has 52 heavy (non-hydrogen) atoms. The summed E-state index contributed by atoms with van der Waals surface area (Å²) in [5, 5.41) is 0. The average molecular weight is 749 g/mol. The van der Waals surface area contributed by atoms with Gasteiger partial charge in [0.2, 0.25) is 5.79 Å². The van der Waals surface area contributed by atoms with E-state index in [4.69, 9.17) is 51.8 Å². The van der Waals surface area contributed by atoms with Crippen molar-refractivity contribution in [2.45, 2.75) is 225 Å². The van der Waals surface area contributed by atoms with Crippen LogP contribution >= 0.6 is 0 Å². The Kier molecular flexibility index (Phi) is 8.68. The van der Waals surface area contributed by atoms with Crippen molar-refractivity contribution < 1.29 is 56.6 Å². The van der Waals surface area contributed by atoms with E-state index in [9.17, 15) is 0 Å². The highest BCUT2D eigenvalue weighted by Gasteiger charge is 2.86. The fraction of sp³-hybridized carbons (Fsp3) is 0.974. The van der Waals surface area contributed by atoms with Gasteiger partial charge in [-0.2, -0.15) is 0 Å². The number of cyclic esters (lactones) is 1. The minimum absolute atomic E-state index is 0.316. The Morgan fingerprint density at radius 3 is 1.54 bits per heavy atom. The maximum absolute atomic E-state index is 15.2. The molecule has 4 saturated carbocycles. The van der Waals surface area contributed by atoms with E-state index < -0.39 is 91.6 Å². The van der Waals surface area contributed by atoms with E-state index in [0.29, 0.717) is 26.1 Å². The summed E-state index contributed by atoms with van der Waals surface area (Å²) < 4.78 is 76.9. The van der Waals surface area contributed by atoms with Crippen molar-refractivity contribution in [1.82, 2.24) is 0 Å². The highest BCUT2D eigenvalue weighted by atomic mass is 28.4. The lowest BCUT2D eigenvalue weighted by molar-refractivity contribution is -0.345. The molecule has 6 heterocycles. The Balaban J connectivity index is 1.08. The number of carbonyl (C=O) groups excluding carboxylic acids is 1. The van der Waals surface area contributed by atoms with Crippen LogP contribution < -0.4 is 0 Å². The second-order valence-corrected chi connectivity index (χ2v) is 23.1. The summed E-state index contributed by atoms with van der Waals surface area (Å²) in [6.45, 7) is 7.04. The molecular formula is C39H60O12Si. The molecule has 0 aromatic heterocycles. The first kappa shape index (κ1) is 35.7. The van der Waals surface area contributed by atoms with Crippen molar-refractivity contribution in [2.75, 3.05) is 13.2 Å². The van der Waals surface area contributed by atoms with Crippen molar-refractivity contribution in [1.29, 1.82) is 0 Å². The van der Waals surface area contributed by atoms with Crippen LogP contribution in [0.15, 0.2) is 0 Å². The molecule has 292 valence electrons. The van der Waals surface area contributed by atoms with Crippen LogP contribution in [0.4, 0.5) is 0 Å². The number of carbonyl (C=O) groups is 1. The Labute approximate surface area is 308 Å². The van der Waals surface area contributed by atoms with E-state index in [1.165, 1.54) is 12.8 Å². The molecule has 0 amide bonds. The molecule has 6 saturated heterocycles. The molecule has 0 unspecified atom stereocenters. The lowest BCUT2D eigenvalue weighted by Gasteiger charge is -2.48. The average Bonchev–Trinajstić information content (AvgIpc) is 3.96. The van der Waals surface area contributed by atoms with Crippen molar-refractivity contribution in [3.8, 4) is 0 Å². The zero-order valence-corrected chi connectivity index (χ0v) is 32.5. The summed E-state index contributed by atoms with van der Waals surface area (Å²) in [7, 11) is -2.56. The number of rotatable bonds is 5. The monoisotopic (exact) mass is 748 g/mol. The minimum atomic E-state index is -2.56. The van der Waals surface area contributed by atoms with Crippen LogP contribution in [0.1, 0.15) is 128 Å². The zero-order chi connectivity index (χ0) is 35.5. The molecule has 9 atom stereocenters. The third-order valence-electron chi connectivity index (χ3n) is 13.9. The van der Waals surface area contributed by atoms with Crippen LogP contribution in [0.5, 0.6) is 0 Å². The molecule has 0 bridgehead atoms. The molecule has 10 aliphatic rings. The Morgan fingerprint density at radius 1 is 0.519 bits per heavy atom. The molecule has 13 heteroatoms. The number of hydrogen-bond acceptors (Lipinski definition) is 12. The van der Waals surface area contributed by atoms with E-state index in [1.807, 2.05) is 0 Å². The van der Waals surface area contributed by atoms with Gasteiger partial charge in [-0.3, -0.25) is 0 Å². The highest BCUT2D eigenvalue weighted by molar-refractivity contribution is 6.69. The first-order valence-electron chi connectivity index (χ1n) is 21.0. The molecule has 0 N–H and O–H groups in total. The Morgan fingerprint density at radius 2 is 1.00 bits per heavy atom. The Hall–Kier alpha value is -0.713. The topological polar surface area (TPSA) is 119 Å². The number of hydrogen-bond donors (Lipinski definition) is 0. The van der Waals surface area contributed by atoms with E-state index in [2.05, 4.69) is 19.6 Å². The van der Waals surface area contributed by atoms with Crippen molar-refractivity contribution >= 4 is 14.3 Å². The summed E-state index contributed by atoms with van der Waals surface area (Å²) in [5.41, 5.74) is -1.80. The van der Waals surface area contributed by atoms with Gasteiger partial charge in [-0.15, -0.1) is 0 Å². The molecule has 0 radical (unpaired) electrons. The first-order chi connectivity index (χ1) is 25.0. The largest absolute Gasteiger partial charge is 0.454 e. The van der Waals surface area contributed by atoms with Crippen molar-refractivity contribution in [3.63, 3.8) is 0 Å². The second-order valence-electron chi connectivity index (χ2n) is 18.7. The standard InChI is InChI=1S/C39H60O12Si/c1-52(2,3)51-39(32-30(46-36(49-32)20-12-6-13-21-36)28(47-39)26-24-41-34(44-26)16-8-4-9-17-34)38-31(48-37(50-38)22-14-7-15-23-37)29(43-33(38)40)27-25-42-35(45-27)18-10-5-11-19-35/h26-32H,4-25H2,1-3H3/t26-,27-,28-,29-,30+,31+,32+,38+,39-/m1/s1. The van der Waals surface area contributed by atoms with Crippen molar-refractivity contribution in [2.24, 2.45) is 0 Å². The van der Waals surface area contributed by atoms with Crippen LogP contribution in [0.25, 0.3) is 0 Å². The molecular weight excluding hydrogens is 689 g/mol. The molecule has 0 aromatic carbocycles. The molecule has 0 aromatic rings. The van der Waals surface area contributed by atoms with Gasteiger partial charge in [0.15, 0.2) is 37.6 Å². The number of fused-ring (bicyclic) bond motifs is 2. The summed E-state index contributed by atoms with van der Waals surface area (Å²) in [6.07, 6.45) is 14.3. The maximum atomic E-state index is 15.2. The van der Waals surface area contributed by atoms with Gasteiger partial charge in [0, 0.05) is 51.4 Å². The SMILES string of the molecule is C[Si](C)(C)O[C@]1([C@]23OC4(CCCCC4)O[C@H]2[C@@H]([C@H]2COC4(CCCCC4)O2)OC3=O)O[C@H]([C@H]2COC3(CCCCC3)O2)[C@@H]2OC3(CCCCC3)O[C@@H]21. The minimum Gasteiger partial charge on any atom is -0.454 e. The van der Waals surface area contributed by atoms with Gasteiger partial charge in [0.1, 0.15) is 36.6 Å². The molecule has 6 aliphatic heterocycles. The third kappa shape index (κ3) is 5.52. The third-order valence-corrected chi connectivity index (χ3v) is 14.8. The van der Waals surface area contributed by atoms with Crippen LogP contribution in [0, 0.1) is 0 Å². The van der Waals surface area contributed by atoms with Gasteiger partial charge >= 0.3 is 5.97 Å². The first-order valence-corrected chi connectivity index (χ1v) is 24.4. The zero-order valence-electron chi connectivity index (χ0n) is 31.5. The van der Waals surface area contributed by atoms with Crippen LogP contribution in [-0.2, 0) is 56.6 Å². The predicted molar refractivity (Wildman–Crippen MR) is 185 cm³/mol. The van der Waals surface area contributed by atoms with Gasteiger partial charge in [-0.1, -0.05) is 25.7 Å². The van der Waals surface area contributed by atoms with E-state index in [-0.39, 0.29) is 0 Å². The molecule has 12 nitrogen and oxygen atoms in total. The van der Waals surface area contributed by atoms with Gasteiger partial charge in [0.25, 0.3) is 5.60 Å². The van der Waals surface area contributed by atoms with E-state index >= 15 is 4.79 Å². The number of esters is 1. The van der Waals surface area contributed by atoms with Crippen LogP contribution in [0.2, 0.25) is 19.6 Å². The lowest BCUT2D eigenvalue weighted by atomic mass is 9.81. The normalized spacial score (nSPS) is 46.0. The molecule has 10 rings (SSSR count). The lowest BCUT2D eigenvalue weighted by Crippen LogP contribution is -2.72. The van der Waals surface area contributed by atoms with E-state index in [1.54, 1.807) is 0 Å². The Bertz CT molecular complexity index is 1360. The smallest absolute Gasteiger partial charge is 0.347 e. The van der Waals surface area contributed by atoms with E-state index in [0.717, 1.165) is 103 Å². The fourth-order valence-electron chi connectivity index (χ4n) is 11.6. The molecule has 4 aliphatic carbocycles. The van der Waals surface area contributed by atoms with Crippen molar-refractivity contribution in [3.05, 3.63) is 0 Å². The highest BCUT2D eigenvalue weighted by Crippen LogP contribution is 2.63. The summed E-state index contributed by atoms with van der Waals surface area (Å²) in [6, 6.07) is 0. The summed E-state index contributed by atoms with van der Waals surface area (Å²) >= 11 is 0. The molecule has 10 fully saturated rings. The predicted octanol–water partition coefficient (Wildman–Crippen LogP) is 6.27. The summed E-state index contributed by atoms with van der Waals surface area (Å²) in [4.78, 5) is 15.2. The van der Waals surface area contributed by atoms with Gasteiger partial charge in [-0.25, -0.2) is 4.79 Å².